The summed E-state index contributed by atoms with van der Waals surface area (Å²) in [4.78, 5) is 86.4. The summed E-state index contributed by atoms with van der Waals surface area (Å²) in [6, 6.07) is 12.3. The second-order valence-corrected chi connectivity index (χ2v) is 18.1. The minimum absolute atomic E-state index is 0.0153. The second-order valence-electron chi connectivity index (χ2n) is 17.6. The number of carbonyl (C=O) groups excluding carboxylic acids is 5. The number of methoxy groups -OCH3 is 2. The van der Waals surface area contributed by atoms with Crippen molar-refractivity contribution in [3.05, 3.63) is 65.7 Å². The Balaban J connectivity index is 1.76. The Morgan fingerprint density at radius 3 is 2.02 bits per heavy atom. The van der Waals surface area contributed by atoms with Gasteiger partial charge in [0.2, 0.25) is 23.6 Å². The topological polar surface area (TPSA) is 196 Å². The molecule has 356 valence electrons. The number of carboxylic acid groups (broad SMARTS) is 1. The first kappa shape index (κ1) is 53.8. The number of rotatable bonds is 24. The highest BCUT2D eigenvalue weighted by Crippen LogP contribution is 2.30. The first-order chi connectivity index (χ1) is 30.3. The molecular formula is C47H71IN6O10. The molecule has 2 aromatic rings. The Bertz CT molecular complexity index is 1840. The van der Waals surface area contributed by atoms with E-state index in [2.05, 4.69) is 14.2 Å². The Hall–Kier alpha value is -4.49. The fourth-order valence-corrected chi connectivity index (χ4v) is 8.94. The van der Waals surface area contributed by atoms with Gasteiger partial charge in [0.25, 0.3) is 0 Å². The molecule has 0 spiro atoms. The largest absolute Gasteiger partial charge is 0.480 e. The Morgan fingerprint density at radius 2 is 1.48 bits per heavy atom. The summed E-state index contributed by atoms with van der Waals surface area (Å²) in [5, 5.41) is 15.6. The van der Waals surface area contributed by atoms with E-state index in [1.807, 2.05) is 107 Å². The molecule has 1 aliphatic heterocycles. The molecule has 0 radical (unpaired) electrons. The molecule has 64 heavy (non-hydrogen) atoms. The number of carboxylic acids is 1. The number of aliphatic carboxylic acids is 1. The zero-order valence-corrected chi connectivity index (χ0v) is 41.5. The van der Waals surface area contributed by atoms with Crippen molar-refractivity contribution in [2.24, 2.45) is 23.7 Å². The highest BCUT2D eigenvalue weighted by atomic mass is 127. The third-order valence-corrected chi connectivity index (χ3v) is 13.0. The van der Waals surface area contributed by atoms with Crippen molar-refractivity contribution in [1.82, 2.24) is 25.3 Å². The molecule has 0 bridgehead atoms. The number of carbonyl (C=O) groups is 6. The van der Waals surface area contributed by atoms with Crippen LogP contribution in [0.1, 0.15) is 85.3 Å². The minimum atomic E-state index is -1.16. The maximum absolute atomic E-state index is 14.5. The highest BCUT2D eigenvalue weighted by molar-refractivity contribution is 14.1. The minimum Gasteiger partial charge on any atom is -0.480 e. The number of hydrogen-bond acceptors (Lipinski definition) is 10. The van der Waals surface area contributed by atoms with E-state index < -0.39 is 72.2 Å². The zero-order chi connectivity index (χ0) is 47.8. The molecule has 1 fully saturated rings. The number of nitrogens with one attached hydrogen (secondary N) is 3. The number of likely N-dealkylation sites (N-methyl/N-ethyl adjacent to an activating group) is 2. The number of nitrogens with zero attached hydrogens (tertiary/aromatic N) is 3. The molecule has 5 amide bonds. The van der Waals surface area contributed by atoms with Crippen LogP contribution in [0.3, 0.4) is 0 Å². The van der Waals surface area contributed by atoms with E-state index in [0.717, 1.165) is 16.8 Å². The van der Waals surface area contributed by atoms with Gasteiger partial charge in [0.05, 0.1) is 59.5 Å². The highest BCUT2D eigenvalue weighted by Gasteiger charge is 2.44. The Morgan fingerprint density at radius 1 is 0.844 bits per heavy atom. The maximum Gasteiger partial charge on any atom is 0.410 e. The molecule has 1 heterocycles. The molecule has 2 aromatic carbocycles. The average molecular weight is 1010 g/mol. The molecular weight excluding hydrogens is 935 g/mol. The summed E-state index contributed by atoms with van der Waals surface area (Å²) in [5.74, 6) is -4.34. The molecule has 16 nitrogen and oxygen atoms in total. The predicted molar refractivity (Wildman–Crippen MR) is 253 cm³/mol. The van der Waals surface area contributed by atoms with Crippen LogP contribution >= 0.6 is 22.9 Å². The van der Waals surface area contributed by atoms with Crippen molar-refractivity contribution in [2.45, 2.75) is 130 Å². The molecule has 9 atom stereocenters. The van der Waals surface area contributed by atoms with Gasteiger partial charge in [0.15, 0.2) is 0 Å². The van der Waals surface area contributed by atoms with Gasteiger partial charge in [-0.3, -0.25) is 24.1 Å². The lowest BCUT2D eigenvalue weighted by atomic mass is 9.89. The fourth-order valence-electron chi connectivity index (χ4n) is 8.58. The van der Waals surface area contributed by atoms with Crippen LogP contribution in [0.4, 0.5) is 10.5 Å². The first-order valence-corrected chi connectivity index (χ1v) is 23.2. The molecule has 4 N–H and O–H groups in total. The van der Waals surface area contributed by atoms with E-state index in [1.165, 1.54) is 26.2 Å². The third-order valence-electron chi connectivity index (χ3n) is 12.4. The van der Waals surface area contributed by atoms with Crippen LogP contribution in [-0.2, 0) is 51.2 Å². The maximum atomic E-state index is 14.5. The van der Waals surface area contributed by atoms with Crippen molar-refractivity contribution in [1.29, 1.82) is 0 Å². The summed E-state index contributed by atoms with van der Waals surface area (Å²) < 4.78 is 20.5. The van der Waals surface area contributed by atoms with Crippen molar-refractivity contribution in [2.75, 3.05) is 38.4 Å². The van der Waals surface area contributed by atoms with Crippen LogP contribution in [0, 0.1) is 23.7 Å². The molecule has 1 aliphatic rings. The summed E-state index contributed by atoms with van der Waals surface area (Å²) >= 11 is 2.03. The fraction of sp³-hybridized carbons (Fsp3) is 0.617. The quantitative estimate of drug-likeness (QED) is 0.0721. The molecule has 3 rings (SSSR count). The lowest BCUT2D eigenvalue weighted by molar-refractivity contribution is -0.148. The van der Waals surface area contributed by atoms with Crippen LogP contribution in [0.15, 0.2) is 54.6 Å². The third kappa shape index (κ3) is 14.5. The van der Waals surface area contributed by atoms with Crippen molar-refractivity contribution in [3.8, 4) is 0 Å². The number of anilines is 1. The molecule has 0 aromatic heterocycles. The van der Waals surface area contributed by atoms with Crippen LogP contribution in [0.2, 0.25) is 0 Å². The van der Waals surface area contributed by atoms with Gasteiger partial charge in [0.1, 0.15) is 24.7 Å². The van der Waals surface area contributed by atoms with E-state index in [-0.39, 0.29) is 49.0 Å². The first-order valence-electron chi connectivity index (χ1n) is 22.2. The second kappa shape index (κ2) is 25.9. The lowest BCUT2D eigenvalue weighted by Crippen LogP contribution is -2.60. The van der Waals surface area contributed by atoms with Crippen LogP contribution < -0.4 is 14.2 Å². The SMILES string of the molecule is CC[C@H](C)[C@@H]([C@@H](CC(=O)N1CCC[C@H]1[C@H](OC)[C@@H](C)C(=O)N[C@@H](Cc1ccccc1)C(=O)O)OC)N(C)C(=O)[C@@H](NC(=O)[C@H](C(C)C)N(C)C(=O)OCc1ccc(NI)cc1)C(C)C. The normalized spacial score (nSPS) is 17.6. The lowest BCUT2D eigenvalue weighted by Gasteiger charge is -2.41. The van der Waals surface area contributed by atoms with Gasteiger partial charge in [-0.2, -0.15) is 0 Å². The Kier molecular flexibility index (Phi) is 21.8. The Labute approximate surface area is 393 Å². The zero-order valence-electron chi connectivity index (χ0n) is 39.3. The van der Waals surface area contributed by atoms with Gasteiger partial charge in [-0.1, -0.05) is 97.4 Å². The summed E-state index contributed by atoms with van der Waals surface area (Å²) in [5.41, 5.74) is 2.45. The van der Waals surface area contributed by atoms with Crippen LogP contribution in [0.5, 0.6) is 0 Å². The number of ether oxygens (including phenoxy) is 3. The molecule has 0 aliphatic carbocycles. The van der Waals surface area contributed by atoms with E-state index in [4.69, 9.17) is 14.2 Å². The summed E-state index contributed by atoms with van der Waals surface area (Å²) in [7, 11) is 6.15. The standard InChI is InChI=1S/C47H71IN6O10/c1-12-30(6)41(52(8)45(58)39(28(2)3)50-44(57)40(29(4)5)53(9)47(61)64-27-33-20-22-34(51-48)23-21-33)37(62-10)26-38(55)54-24-16-19-36(54)42(63-11)31(7)43(56)49-35(46(59)60)25-32-17-14-13-15-18-32/h13-15,17-18,20-23,28-31,35-37,39-42,51H,12,16,19,24-27H2,1-11H3,(H,49,56)(H,50,57)(H,59,60)/t30-,31+,35-,36-,37+,39-,40-,41-,42+/m0/s1. The summed E-state index contributed by atoms with van der Waals surface area (Å²) in [6.07, 6.45) is -0.213. The van der Waals surface area contributed by atoms with Gasteiger partial charge in [-0.25, -0.2) is 9.59 Å². The van der Waals surface area contributed by atoms with Gasteiger partial charge in [-0.15, -0.1) is 0 Å². The van der Waals surface area contributed by atoms with Crippen molar-refractivity contribution < 1.29 is 48.1 Å². The monoisotopic (exact) mass is 1010 g/mol. The van der Waals surface area contributed by atoms with Gasteiger partial charge in [0, 0.05) is 47.0 Å². The van der Waals surface area contributed by atoms with E-state index in [0.29, 0.717) is 25.8 Å². The van der Waals surface area contributed by atoms with Crippen molar-refractivity contribution in [3.63, 3.8) is 0 Å². The van der Waals surface area contributed by atoms with Crippen LogP contribution in [0.25, 0.3) is 0 Å². The number of halogens is 1. The summed E-state index contributed by atoms with van der Waals surface area (Å²) in [6.45, 7) is 13.4. The smallest absolute Gasteiger partial charge is 0.410 e. The van der Waals surface area contributed by atoms with Gasteiger partial charge in [-0.05, 0) is 53.9 Å². The van der Waals surface area contributed by atoms with Crippen molar-refractivity contribution >= 4 is 64.2 Å². The number of amides is 5. The molecule has 17 heteroatoms. The van der Waals surface area contributed by atoms with E-state index in [9.17, 15) is 33.9 Å². The average Bonchev–Trinajstić information content (AvgIpc) is 3.76. The van der Waals surface area contributed by atoms with Gasteiger partial charge < -0.3 is 43.3 Å². The number of hydrogen-bond donors (Lipinski definition) is 4. The molecule has 0 unspecified atom stereocenters. The van der Waals surface area contributed by atoms with Gasteiger partial charge >= 0.3 is 12.1 Å². The van der Waals surface area contributed by atoms with Crippen LogP contribution in [-0.4, -0.2) is 133 Å². The number of benzene rings is 2. The molecule has 1 saturated heterocycles. The number of likely N-dealkylation sites (tertiary alicyclic amines) is 1. The van der Waals surface area contributed by atoms with E-state index in [1.54, 1.807) is 35.9 Å². The molecule has 0 saturated carbocycles. The predicted octanol–water partition coefficient (Wildman–Crippen LogP) is 5.91. The van der Waals surface area contributed by atoms with E-state index >= 15 is 0 Å².